The molecule has 0 saturated heterocycles. The van der Waals surface area contributed by atoms with E-state index >= 15 is 0 Å². The van der Waals surface area contributed by atoms with Gasteiger partial charge in [0.15, 0.2) is 5.16 Å². The first-order valence-corrected chi connectivity index (χ1v) is 13.6. The monoisotopic (exact) mass is 572 g/mol. The number of halogens is 2. The summed E-state index contributed by atoms with van der Waals surface area (Å²) in [6.07, 6.45) is 6.85. The molecule has 0 aliphatic rings. The van der Waals surface area contributed by atoms with Gasteiger partial charge in [0.1, 0.15) is 17.2 Å². The minimum Gasteiger partial charge on any atom is -0.367 e. The van der Waals surface area contributed by atoms with Gasteiger partial charge < -0.3 is 10.3 Å². The van der Waals surface area contributed by atoms with Crippen molar-refractivity contribution >= 4 is 17.7 Å². The number of hydrogen-bond acceptors (Lipinski definition) is 6. The van der Waals surface area contributed by atoms with E-state index in [1.54, 1.807) is 78.2 Å². The normalized spacial score (nSPS) is 12.7. The summed E-state index contributed by atoms with van der Waals surface area (Å²) in [5, 5.41) is 4.43. The van der Waals surface area contributed by atoms with E-state index in [2.05, 4.69) is 15.1 Å². The summed E-state index contributed by atoms with van der Waals surface area (Å²) < 4.78 is 30.1. The number of hydrogen-bond donors (Lipinski definition) is 1. The molecule has 208 valence electrons. The Bertz CT molecular complexity index is 1750. The van der Waals surface area contributed by atoms with Gasteiger partial charge in [0, 0.05) is 54.5 Å². The van der Waals surface area contributed by atoms with Crippen LogP contribution in [-0.2, 0) is 29.6 Å². The van der Waals surface area contributed by atoms with Gasteiger partial charge in [0.05, 0.1) is 11.9 Å². The molecule has 1 unspecified atom stereocenters. The number of carbonyl (C=O) groups excluding carboxylic acids is 1. The number of carbonyl (C=O) groups is 1. The van der Waals surface area contributed by atoms with Gasteiger partial charge in [-0.15, -0.1) is 0 Å². The highest BCUT2D eigenvalue weighted by molar-refractivity contribution is 7.98. The molecule has 0 radical (unpaired) electrons. The van der Waals surface area contributed by atoms with Crippen molar-refractivity contribution in [3.05, 3.63) is 130 Å². The molecule has 2 aromatic carbocycles. The first-order chi connectivity index (χ1) is 19.6. The van der Waals surface area contributed by atoms with Crippen molar-refractivity contribution in [2.75, 3.05) is 0 Å². The highest BCUT2D eigenvalue weighted by Gasteiger charge is 2.38. The van der Waals surface area contributed by atoms with Crippen molar-refractivity contribution in [2.24, 2.45) is 12.8 Å². The lowest BCUT2D eigenvalue weighted by atomic mass is 9.91. The number of aromatic nitrogens is 5. The van der Waals surface area contributed by atoms with Gasteiger partial charge in [-0.1, -0.05) is 30.0 Å². The fraction of sp³-hybridized carbons (Fsp3) is 0.167. The smallest absolute Gasteiger partial charge is 0.277 e. The predicted octanol–water partition coefficient (Wildman–Crippen LogP) is 4.45. The maximum absolute atomic E-state index is 13.4. The maximum atomic E-state index is 13.4. The number of thioether (sulfide) groups is 1. The van der Waals surface area contributed by atoms with Crippen molar-refractivity contribution in [3.63, 3.8) is 0 Å². The van der Waals surface area contributed by atoms with E-state index in [1.807, 2.05) is 0 Å². The number of rotatable bonds is 9. The Hall–Kier alpha value is -4.64. The third-order valence-electron chi connectivity index (χ3n) is 6.82. The van der Waals surface area contributed by atoms with Crippen molar-refractivity contribution < 1.29 is 13.6 Å². The van der Waals surface area contributed by atoms with Gasteiger partial charge in [-0.25, -0.2) is 8.78 Å². The Kier molecular flexibility index (Phi) is 7.80. The van der Waals surface area contributed by atoms with Gasteiger partial charge in [-0.3, -0.25) is 19.3 Å². The minimum atomic E-state index is -1.48. The maximum Gasteiger partial charge on any atom is 0.277 e. The molecule has 5 rings (SSSR count). The third-order valence-corrected chi connectivity index (χ3v) is 7.85. The zero-order chi connectivity index (χ0) is 29.1. The van der Waals surface area contributed by atoms with Crippen LogP contribution in [0.4, 0.5) is 8.78 Å². The van der Waals surface area contributed by atoms with Crippen LogP contribution in [0.1, 0.15) is 29.2 Å². The molecule has 1 amide bonds. The van der Waals surface area contributed by atoms with E-state index in [4.69, 9.17) is 5.73 Å². The molecule has 0 aliphatic carbocycles. The fourth-order valence-corrected chi connectivity index (χ4v) is 5.42. The van der Waals surface area contributed by atoms with Crippen LogP contribution < -0.4 is 11.3 Å². The second-order valence-electron chi connectivity index (χ2n) is 9.71. The summed E-state index contributed by atoms with van der Waals surface area (Å²) >= 11 is 1.23. The van der Waals surface area contributed by atoms with Crippen LogP contribution in [-0.4, -0.2) is 30.2 Å². The van der Waals surface area contributed by atoms with Gasteiger partial charge in [-0.05, 0) is 60.5 Å². The Morgan fingerprint density at radius 1 is 0.951 bits per heavy atom. The van der Waals surface area contributed by atoms with Crippen molar-refractivity contribution in [2.45, 2.75) is 29.8 Å². The molecule has 3 heterocycles. The van der Waals surface area contributed by atoms with Crippen LogP contribution in [0.2, 0.25) is 0 Å². The lowest BCUT2D eigenvalue weighted by Gasteiger charge is -2.32. The quantitative estimate of drug-likeness (QED) is 0.207. The molecule has 1 atom stereocenters. The lowest BCUT2D eigenvalue weighted by molar-refractivity contribution is -0.124. The first-order valence-electron chi connectivity index (χ1n) is 12.6. The number of primary amides is 1. The molecule has 0 aliphatic heterocycles. The van der Waals surface area contributed by atoms with Crippen LogP contribution >= 0.6 is 11.8 Å². The van der Waals surface area contributed by atoms with E-state index in [-0.39, 0.29) is 23.2 Å². The summed E-state index contributed by atoms with van der Waals surface area (Å²) in [6, 6.07) is 15.4. The topological polar surface area (TPSA) is 109 Å². The molecule has 8 nitrogen and oxygen atoms in total. The molecule has 0 bridgehead atoms. The number of aryl methyl sites for hydroxylation is 1. The van der Waals surface area contributed by atoms with Gasteiger partial charge in [-0.2, -0.15) is 10.1 Å². The van der Waals surface area contributed by atoms with Gasteiger partial charge >= 0.3 is 0 Å². The van der Waals surface area contributed by atoms with E-state index < -0.39 is 17.0 Å². The summed E-state index contributed by atoms with van der Waals surface area (Å²) in [5.41, 5.74) is 7.84. The lowest BCUT2D eigenvalue weighted by Crippen LogP contribution is -2.46. The van der Waals surface area contributed by atoms with Crippen LogP contribution in [0.25, 0.3) is 11.3 Å². The van der Waals surface area contributed by atoms with E-state index in [0.29, 0.717) is 28.1 Å². The fourth-order valence-electron chi connectivity index (χ4n) is 4.41. The number of nitrogens with two attached hydrogens (primary N) is 1. The highest BCUT2D eigenvalue weighted by Crippen LogP contribution is 2.32. The molecule has 0 fully saturated rings. The van der Waals surface area contributed by atoms with Gasteiger partial charge in [0.25, 0.3) is 5.56 Å². The standard InChI is InChI=1S/C30H26F2N6O2S/c1-30(28(33)40,23-7-12-26(34-15-23)21-5-10-25(32)11-6-21)38-17-22(13-20-14-35-37(2)16-20)27(39)36-29(38)41-18-19-3-8-24(31)9-4-19/h3-12,14-17H,13,18H2,1-2H3,(H2,33,40). The van der Waals surface area contributed by atoms with E-state index in [1.165, 1.54) is 42.2 Å². The Balaban J connectivity index is 1.59. The largest absolute Gasteiger partial charge is 0.367 e. The Morgan fingerprint density at radius 2 is 1.63 bits per heavy atom. The highest BCUT2D eigenvalue weighted by atomic mass is 32.2. The molecule has 41 heavy (non-hydrogen) atoms. The molecular weight excluding hydrogens is 546 g/mol. The molecule has 11 heteroatoms. The Labute approximate surface area is 238 Å². The van der Waals surface area contributed by atoms with E-state index in [0.717, 1.165) is 11.1 Å². The third kappa shape index (κ3) is 5.94. The average Bonchev–Trinajstić information content (AvgIpc) is 3.38. The SMILES string of the molecule is Cn1cc(Cc2cn(C(C)(C(N)=O)c3ccc(-c4ccc(F)cc4)nc3)c(SCc3ccc(F)cc3)nc2=O)cn1. The summed E-state index contributed by atoms with van der Waals surface area (Å²) in [6.45, 7) is 1.64. The van der Waals surface area contributed by atoms with Crippen molar-refractivity contribution in [1.29, 1.82) is 0 Å². The summed E-state index contributed by atoms with van der Waals surface area (Å²) in [7, 11) is 1.78. The molecule has 3 aromatic heterocycles. The molecule has 0 spiro atoms. The second kappa shape index (κ2) is 11.5. The average molecular weight is 573 g/mol. The molecule has 2 N–H and O–H groups in total. The molecular formula is C30H26F2N6O2S. The van der Waals surface area contributed by atoms with Crippen molar-refractivity contribution in [3.8, 4) is 11.3 Å². The van der Waals surface area contributed by atoms with Crippen LogP contribution in [0.3, 0.4) is 0 Å². The predicted molar refractivity (Wildman–Crippen MR) is 152 cm³/mol. The number of pyridine rings is 1. The molecule has 5 aromatic rings. The van der Waals surface area contributed by atoms with Crippen LogP contribution in [0, 0.1) is 11.6 Å². The number of benzene rings is 2. The summed E-state index contributed by atoms with van der Waals surface area (Å²) in [5.74, 6) is -1.03. The van der Waals surface area contributed by atoms with Crippen LogP contribution in [0.15, 0.2) is 95.4 Å². The summed E-state index contributed by atoms with van der Waals surface area (Å²) in [4.78, 5) is 35.2. The minimum absolute atomic E-state index is 0.249. The Morgan fingerprint density at radius 3 is 2.22 bits per heavy atom. The second-order valence-corrected chi connectivity index (χ2v) is 10.7. The van der Waals surface area contributed by atoms with Crippen molar-refractivity contribution in [1.82, 2.24) is 24.3 Å². The first kappa shape index (κ1) is 27.9. The van der Waals surface area contributed by atoms with Crippen LogP contribution in [0.5, 0.6) is 0 Å². The zero-order valence-corrected chi connectivity index (χ0v) is 23.1. The van der Waals surface area contributed by atoms with E-state index in [9.17, 15) is 18.4 Å². The number of amides is 1. The zero-order valence-electron chi connectivity index (χ0n) is 22.3. The van der Waals surface area contributed by atoms with Gasteiger partial charge in [0.2, 0.25) is 5.91 Å². The number of nitrogens with zero attached hydrogens (tertiary/aromatic N) is 5. The molecule has 0 saturated carbocycles.